The van der Waals surface area contributed by atoms with Crippen LogP contribution in [0.25, 0.3) is 22.1 Å². The number of pyridine rings is 1. The fourth-order valence-corrected chi connectivity index (χ4v) is 3.15. The summed E-state index contributed by atoms with van der Waals surface area (Å²) in [6, 6.07) is 10.5. The van der Waals surface area contributed by atoms with Crippen molar-refractivity contribution in [2.45, 2.75) is 13.8 Å². The van der Waals surface area contributed by atoms with E-state index in [1.54, 1.807) is 12.3 Å². The van der Waals surface area contributed by atoms with Crippen molar-refractivity contribution in [2.24, 2.45) is 0 Å². The van der Waals surface area contributed by atoms with Gasteiger partial charge in [-0.25, -0.2) is 13.8 Å². The minimum atomic E-state index is -0.847. The highest BCUT2D eigenvalue weighted by molar-refractivity contribution is 5.88. The zero-order chi connectivity index (χ0) is 19.8. The molecule has 0 radical (unpaired) electrons. The zero-order valence-electron chi connectivity index (χ0n) is 15.1. The normalized spacial score (nSPS) is 11.0. The molecule has 2 heterocycles. The van der Waals surface area contributed by atoms with Gasteiger partial charge in [-0.05, 0) is 61.4 Å². The lowest BCUT2D eigenvalue weighted by molar-refractivity contribution is -0.106. The Labute approximate surface area is 159 Å². The van der Waals surface area contributed by atoms with Crippen LogP contribution in [0.15, 0.2) is 53.2 Å². The fraction of sp³-hybridized carbons (Fsp3) is 0.0952. The van der Waals surface area contributed by atoms with E-state index in [0.717, 1.165) is 44.8 Å². The number of rotatable bonds is 4. The van der Waals surface area contributed by atoms with Crippen LogP contribution in [0.2, 0.25) is 0 Å². The number of amides is 1. The van der Waals surface area contributed by atoms with Gasteiger partial charge in [0, 0.05) is 17.1 Å². The number of aryl methyl sites for hydroxylation is 2. The molecule has 5 nitrogen and oxygen atoms in total. The molecule has 28 heavy (non-hydrogen) atoms. The third-order valence-electron chi connectivity index (χ3n) is 4.59. The minimum absolute atomic E-state index is 0.108. The van der Waals surface area contributed by atoms with Crippen LogP contribution in [0.4, 0.5) is 20.3 Å². The topological polar surface area (TPSA) is 59.2 Å². The quantitative estimate of drug-likeness (QED) is 0.464. The Morgan fingerprint density at radius 2 is 1.82 bits per heavy atom. The van der Waals surface area contributed by atoms with Crippen molar-refractivity contribution in [3.63, 3.8) is 0 Å². The van der Waals surface area contributed by atoms with Crippen LogP contribution in [0.5, 0.6) is 0 Å². The van der Waals surface area contributed by atoms with E-state index >= 15 is 0 Å². The maximum absolute atomic E-state index is 14.0. The number of carbonyl (C=O) groups excluding carboxylic acids is 1. The molecule has 0 unspecified atom stereocenters. The van der Waals surface area contributed by atoms with Crippen molar-refractivity contribution in [1.82, 2.24) is 10.1 Å². The minimum Gasteiger partial charge on any atom is -0.356 e. The van der Waals surface area contributed by atoms with Gasteiger partial charge in [-0.3, -0.25) is 9.69 Å². The average Bonchev–Trinajstić information content (AvgIpc) is 3.04. The van der Waals surface area contributed by atoms with Crippen molar-refractivity contribution in [3.05, 3.63) is 71.6 Å². The summed E-state index contributed by atoms with van der Waals surface area (Å²) in [5.41, 5.74) is 3.67. The van der Waals surface area contributed by atoms with Crippen LogP contribution in [0.3, 0.4) is 0 Å². The van der Waals surface area contributed by atoms with E-state index in [2.05, 4.69) is 10.1 Å². The number of anilines is 2. The van der Waals surface area contributed by atoms with Gasteiger partial charge in [-0.15, -0.1) is 0 Å². The Balaban J connectivity index is 1.74. The summed E-state index contributed by atoms with van der Waals surface area (Å²) in [5, 5.41) is 4.90. The van der Waals surface area contributed by atoms with Crippen LogP contribution in [0.1, 0.15) is 11.3 Å². The highest BCUT2D eigenvalue weighted by Gasteiger charge is 2.19. The van der Waals surface area contributed by atoms with Gasteiger partial charge in [0.2, 0.25) is 6.41 Å². The Morgan fingerprint density at radius 1 is 1.07 bits per heavy atom. The molecule has 4 rings (SSSR count). The molecule has 1 amide bonds. The Kier molecular flexibility index (Phi) is 4.35. The number of halogens is 2. The number of hydrogen-bond acceptors (Lipinski definition) is 4. The molecular weight excluding hydrogens is 364 g/mol. The highest BCUT2D eigenvalue weighted by atomic mass is 19.1. The van der Waals surface area contributed by atoms with Crippen molar-refractivity contribution in [1.29, 1.82) is 0 Å². The first-order valence-corrected chi connectivity index (χ1v) is 8.51. The summed E-state index contributed by atoms with van der Waals surface area (Å²) in [6.45, 7) is 3.83. The smallest absolute Gasteiger partial charge is 0.220 e. The molecule has 7 heteroatoms. The van der Waals surface area contributed by atoms with E-state index in [-0.39, 0.29) is 5.82 Å². The van der Waals surface area contributed by atoms with Crippen molar-refractivity contribution < 1.29 is 18.1 Å². The molecule has 0 saturated heterocycles. The summed E-state index contributed by atoms with van der Waals surface area (Å²) >= 11 is 0. The molecular formula is C21H15F2N3O2. The Hall–Kier alpha value is -3.61. The van der Waals surface area contributed by atoms with Crippen molar-refractivity contribution in [2.75, 3.05) is 4.90 Å². The zero-order valence-corrected chi connectivity index (χ0v) is 15.1. The molecule has 0 bridgehead atoms. The van der Waals surface area contributed by atoms with Crippen LogP contribution in [-0.2, 0) is 4.79 Å². The second-order valence-corrected chi connectivity index (χ2v) is 6.38. The van der Waals surface area contributed by atoms with Crippen LogP contribution in [0, 0.1) is 25.5 Å². The Morgan fingerprint density at radius 3 is 2.46 bits per heavy atom. The monoisotopic (exact) mass is 379 g/mol. The fourth-order valence-electron chi connectivity index (χ4n) is 3.15. The number of aromatic nitrogens is 2. The number of para-hydroxylation sites is 1. The number of nitrogens with zero attached hydrogens (tertiary/aromatic N) is 3. The lowest BCUT2D eigenvalue weighted by Gasteiger charge is -2.18. The molecule has 140 valence electrons. The SMILES string of the molecule is Cc1cc2c(C)noc2cc1-c1ccc(N(C=O)c2c(F)cccc2F)nc1. The number of fused-ring (bicyclic) bond motifs is 1. The van der Waals surface area contributed by atoms with Gasteiger partial charge in [0.15, 0.2) is 5.58 Å². The van der Waals surface area contributed by atoms with Crippen molar-refractivity contribution >= 4 is 28.9 Å². The molecule has 0 N–H and O–H groups in total. The number of hydrogen-bond donors (Lipinski definition) is 0. The molecule has 4 aromatic rings. The molecule has 0 aliphatic carbocycles. The average molecular weight is 379 g/mol. The van der Waals surface area contributed by atoms with E-state index in [1.807, 2.05) is 26.0 Å². The summed E-state index contributed by atoms with van der Waals surface area (Å²) in [4.78, 5) is 16.6. The third kappa shape index (κ3) is 2.90. The van der Waals surface area contributed by atoms with E-state index < -0.39 is 17.3 Å². The molecule has 0 atom stereocenters. The molecule has 0 fully saturated rings. The maximum Gasteiger partial charge on any atom is 0.220 e. The van der Waals surface area contributed by atoms with Crippen LogP contribution in [-0.4, -0.2) is 16.6 Å². The Bertz CT molecular complexity index is 1170. The van der Waals surface area contributed by atoms with Gasteiger partial charge >= 0.3 is 0 Å². The maximum atomic E-state index is 14.0. The summed E-state index contributed by atoms with van der Waals surface area (Å²) < 4.78 is 33.4. The van der Waals surface area contributed by atoms with Crippen LogP contribution >= 0.6 is 0 Å². The first-order chi connectivity index (χ1) is 13.5. The molecule has 0 saturated carbocycles. The molecule has 0 aliphatic heterocycles. The number of carbonyl (C=O) groups is 1. The summed E-state index contributed by atoms with van der Waals surface area (Å²) in [7, 11) is 0. The van der Waals surface area contributed by atoms with Gasteiger partial charge in [0.25, 0.3) is 0 Å². The number of benzene rings is 2. The third-order valence-corrected chi connectivity index (χ3v) is 4.59. The second kappa shape index (κ2) is 6.84. The summed E-state index contributed by atoms with van der Waals surface area (Å²) in [5.74, 6) is -1.59. The molecule has 2 aromatic heterocycles. The second-order valence-electron chi connectivity index (χ2n) is 6.38. The van der Waals surface area contributed by atoms with Gasteiger partial charge in [-0.2, -0.15) is 0 Å². The van der Waals surface area contributed by atoms with Crippen molar-refractivity contribution in [3.8, 4) is 11.1 Å². The predicted octanol–water partition coefficient (Wildman–Crippen LogP) is 5.08. The first-order valence-electron chi connectivity index (χ1n) is 8.51. The van der Waals surface area contributed by atoms with Gasteiger partial charge in [-0.1, -0.05) is 11.2 Å². The van der Waals surface area contributed by atoms with E-state index in [4.69, 9.17) is 4.52 Å². The van der Waals surface area contributed by atoms with Gasteiger partial charge in [0.05, 0.1) is 5.69 Å². The lowest BCUT2D eigenvalue weighted by atomic mass is 10.00. The van der Waals surface area contributed by atoms with Gasteiger partial charge < -0.3 is 4.52 Å². The molecule has 0 aliphatic rings. The lowest BCUT2D eigenvalue weighted by Crippen LogP contribution is -2.18. The predicted molar refractivity (Wildman–Crippen MR) is 101 cm³/mol. The highest BCUT2D eigenvalue weighted by Crippen LogP contribution is 2.32. The first kappa shape index (κ1) is 17.8. The van der Waals surface area contributed by atoms with Crippen LogP contribution < -0.4 is 4.90 Å². The molecule has 0 spiro atoms. The summed E-state index contributed by atoms with van der Waals surface area (Å²) in [6.07, 6.45) is 1.88. The largest absolute Gasteiger partial charge is 0.356 e. The standard InChI is InChI=1S/C21H15F2N3O2/c1-12-8-16-13(2)25-28-19(16)9-15(12)14-6-7-20(24-10-14)26(11-27)21-17(22)4-3-5-18(21)23/h3-11H,1-2H3. The van der Waals surface area contributed by atoms with E-state index in [0.29, 0.717) is 12.0 Å². The van der Waals surface area contributed by atoms with E-state index in [9.17, 15) is 13.6 Å². The molecule has 2 aromatic carbocycles. The van der Waals surface area contributed by atoms with E-state index in [1.165, 1.54) is 12.1 Å². The van der Waals surface area contributed by atoms with Gasteiger partial charge in [0.1, 0.15) is 23.1 Å².